The lowest BCUT2D eigenvalue weighted by Gasteiger charge is -2.10. The smallest absolute Gasteiger partial charge is 0.0541 e. The predicted octanol–water partition coefficient (Wildman–Crippen LogP) is 8.16. The molecule has 1 aromatic heterocycles. The summed E-state index contributed by atoms with van der Waals surface area (Å²) in [7, 11) is 0. The van der Waals surface area contributed by atoms with Gasteiger partial charge in [0.2, 0.25) is 0 Å². The summed E-state index contributed by atoms with van der Waals surface area (Å²) >= 11 is 0. The third kappa shape index (κ3) is 3.89. The van der Waals surface area contributed by atoms with Crippen LogP contribution >= 0.6 is 0 Å². The van der Waals surface area contributed by atoms with E-state index in [9.17, 15) is 0 Å². The van der Waals surface area contributed by atoms with E-state index >= 15 is 0 Å². The number of benzene rings is 4. The van der Waals surface area contributed by atoms with E-state index in [-0.39, 0.29) is 0 Å². The van der Waals surface area contributed by atoms with Crippen LogP contribution in [-0.4, -0.2) is 4.57 Å². The molecule has 5 rings (SSSR count). The number of nitrogen functional groups attached to an aromatic ring is 1. The molecule has 0 unspecified atom stereocenters. The zero-order valence-electron chi connectivity index (χ0n) is 18.7. The van der Waals surface area contributed by atoms with Crippen molar-refractivity contribution in [1.82, 2.24) is 4.57 Å². The number of rotatable bonds is 7. The molecule has 0 spiro atoms. The molecule has 0 saturated heterocycles. The van der Waals surface area contributed by atoms with Gasteiger partial charge in [0.15, 0.2) is 0 Å². The Kier molecular flexibility index (Phi) is 5.68. The van der Waals surface area contributed by atoms with Crippen molar-refractivity contribution in [3.8, 4) is 16.8 Å². The SMILES string of the molecule is CCCCCCc1ccc(-n2c3ccccc3c3cc(-c4ccc(N)cc4)ccc32)cc1. The first-order chi connectivity index (χ1) is 15.7. The predicted molar refractivity (Wildman–Crippen MR) is 138 cm³/mol. The molecule has 0 aliphatic heterocycles. The molecule has 2 N–H and O–H groups in total. The van der Waals surface area contributed by atoms with Crippen LogP contribution in [0, 0.1) is 0 Å². The summed E-state index contributed by atoms with van der Waals surface area (Å²) < 4.78 is 2.39. The number of aromatic nitrogens is 1. The van der Waals surface area contributed by atoms with Crippen LogP contribution in [0.15, 0.2) is 91.0 Å². The molecule has 0 aliphatic carbocycles. The fourth-order valence-corrected chi connectivity index (χ4v) is 4.67. The normalized spacial score (nSPS) is 11.4. The van der Waals surface area contributed by atoms with Gasteiger partial charge in [-0.25, -0.2) is 0 Å². The Morgan fingerprint density at radius 3 is 2.16 bits per heavy atom. The van der Waals surface area contributed by atoms with Crippen molar-refractivity contribution in [1.29, 1.82) is 0 Å². The second-order valence-corrected chi connectivity index (χ2v) is 8.68. The molecule has 0 radical (unpaired) electrons. The van der Waals surface area contributed by atoms with E-state index in [0.717, 1.165) is 5.69 Å². The van der Waals surface area contributed by atoms with E-state index in [4.69, 9.17) is 5.73 Å². The van der Waals surface area contributed by atoms with Crippen molar-refractivity contribution < 1.29 is 0 Å². The van der Waals surface area contributed by atoms with Crippen LogP contribution in [0.5, 0.6) is 0 Å². The van der Waals surface area contributed by atoms with Crippen molar-refractivity contribution in [2.45, 2.75) is 39.0 Å². The van der Waals surface area contributed by atoms with Crippen LogP contribution < -0.4 is 5.73 Å². The van der Waals surface area contributed by atoms with E-state index < -0.39 is 0 Å². The second kappa shape index (κ2) is 8.92. The molecule has 0 saturated carbocycles. The fourth-order valence-electron chi connectivity index (χ4n) is 4.67. The second-order valence-electron chi connectivity index (χ2n) is 8.68. The monoisotopic (exact) mass is 418 g/mol. The van der Waals surface area contributed by atoms with Crippen LogP contribution in [0.25, 0.3) is 38.6 Å². The molecule has 1 heterocycles. The molecule has 0 aliphatic rings. The van der Waals surface area contributed by atoms with Gasteiger partial charge in [0.25, 0.3) is 0 Å². The average Bonchev–Trinajstić information content (AvgIpc) is 3.16. The van der Waals surface area contributed by atoms with Gasteiger partial charge in [-0.1, -0.05) is 74.7 Å². The summed E-state index contributed by atoms with van der Waals surface area (Å²) in [5, 5.41) is 2.56. The summed E-state index contributed by atoms with van der Waals surface area (Å²) in [6.45, 7) is 2.26. The Bertz CT molecular complexity index is 1340. The van der Waals surface area contributed by atoms with E-state index in [1.807, 2.05) is 12.1 Å². The number of unbranched alkanes of at least 4 members (excludes halogenated alkanes) is 3. The maximum absolute atomic E-state index is 5.88. The van der Waals surface area contributed by atoms with Gasteiger partial charge in [0, 0.05) is 22.1 Å². The molecule has 5 aromatic rings. The highest BCUT2D eigenvalue weighted by Crippen LogP contribution is 2.35. The lowest BCUT2D eigenvalue weighted by molar-refractivity contribution is 0.667. The number of fused-ring (bicyclic) bond motifs is 3. The van der Waals surface area contributed by atoms with Crippen molar-refractivity contribution >= 4 is 27.5 Å². The Morgan fingerprint density at radius 1 is 0.656 bits per heavy atom. The van der Waals surface area contributed by atoms with Gasteiger partial charge in [-0.05, 0) is 72.0 Å². The molecule has 0 amide bonds. The molecular weight excluding hydrogens is 388 g/mol. The van der Waals surface area contributed by atoms with Crippen LogP contribution in [0.3, 0.4) is 0 Å². The Morgan fingerprint density at radius 2 is 1.38 bits per heavy atom. The zero-order chi connectivity index (χ0) is 21.9. The molecular formula is C30H30N2. The highest BCUT2D eigenvalue weighted by atomic mass is 15.0. The lowest BCUT2D eigenvalue weighted by Crippen LogP contribution is -1.94. The molecule has 32 heavy (non-hydrogen) atoms. The van der Waals surface area contributed by atoms with Gasteiger partial charge >= 0.3 is 0 Å². The largest absolute Gasteiger partial charge is 0.399 e. The van der Waals surface area contributed by atoms with Crippen molar-refractivity contribution in [3.05, 3.63) is 96.6 Å². The summed E-state index contributed by atoms with van der Waals surface area (Å²) in [5.74, 6) is 0. The summed E-state index contributed by atoms with van der Waals surface area (Å²) in [6, 6.07) is 32.7. The fraction of sp³-hybridized carbons (Fsp3) is 0.200. The highest BCUT2D eigenvalue weighted by Gasteiger charge is 2.13. The first kappa shape index (κ1) is 20.4. The molecule has 160 valence electrons. The Labute approximate surface area is 190 Å². The van der Waals surface area contributed by atoms with Crippen molar-refractivity contribution in [2.75, 3.05) is 5.73 Å². The van der Waals surface area contributed by atoms with E-state index in [2.05, 4.69) is 90.4 Å². The molecule has 2 heteroatoms. The minimum atomic E-state index is 0.792. The number of hydrogen-bond donors (Lipinski definition) is 1. The maximum atomic E-state index is 5.88. The number of hydrogen-bond acceptors (Lipinski definition) is 1. The third-order valence-corrected chi connectivity index (χ3v) is 6.43. The number of aryl methyl sites for hydroxylation is 1. The van der Waals surface area contributed by atoms with Crippen LogP contribution in [0.4, 0.5) is 5.69 Å². The van der Waals surface area contributed by atoms with Gasteiger partial charge in [-0.15, -0.1) is 0 Å². The van der Waals surface area contributed by atoms with Gasteiger partial charge in [-0.2, -0.15) is 0 Å². The van der Waals surface area contributed by atoms with Crippen LogP contribution in [0.1, 0.15) is 38.2 Å². The zero-order valence-corrected chi connectivity index (χ0v) is 18.7. The van der Waals surface area contributed by atoms with Gasteiger partial charge in [0.05, 0.1) is 11.0 Å². The highest BCUT2D eigenvalue weighted by molar-refractivity contribution is 6.10. The third-order valence-electron chi connectivity index (χ3n) is 6.43. The lowest BCUT2D eigenvalue weighted by atomic mass is 10.0. The van der Waals surface area contributed by atoms with Crippen LogP contribution in [0.2, 0.25) is 0 Å². The Hall–Kier alpha value is -3.52. The minimum Gasteiger partial charge on any atom is -0.399 e. The molecule has 0 atom stereocenters. The maximum Gasteiger partial charge on any atom is 0.0541 e. The first-order valence-corrected chi connectivity index (χ1v) is 11.7. The van der Waals surface area contributed by atoms with E-state index in [0.29, 0.717) is 0 Å². The van der Waals surface area contributed by atoms with Crippen molar-refractivity contribution in [2.24, 2.45) is 0 Å². The minimum absolute atomic E-state index is 0.792. The molecule has 0 fully saturated rings. The topological polar surface area (TPSA) is 30.9 Å². The van der Waals surface area contributed by atoms with Crippen molar-refractivity contribution in [3.63, 3.8) is 0 Å². The van der Waals surface area contributed by atoms with Crippen LogP contribution in [-0.2, 0) is 6.42 Å². The van der Waals surface area contributed by atoms with Gasteiger partial charge in [-0.3, -0.25) is 0 Å². The molecule has 2 nitrogen and oxygen atoms in total. The quantitative estimate of drug-likeness (QED) is 0.210. The Balaban J connectivity index is 1.56. The standard InChI is InChI=1S/C30H30N2/c1-2-3-4-5-8-22-11-18-26(19-12-22)32-29-10-7-6-9-27(29)28-21-24(15-20-30(28)32)23-13-16-25(31)17-14-23/h6-7,9-21H,2-5,8,31H2,1H3. The molecule has 4 aromatic carbocycles. The molecule has 0 bridgehead atoms. The van der Waals surface area contributed by atoms with Gasteiger partial charge in [0.1, 0.15) is 0 Å². The number of nitrogens with zero attached hydrogens (tertiary/aromatic N) is 1. The summed E-state index contributed by atoms with van der Waals surface area (Å²) in [4.78, 5) is 0. The average molecular weight is 419 g/mol. The number of anilines is 1. The van der Waals surface area contributed by atoms with E-state index in [1.165, 1.54) is 76.3 Å². The number of nitrogens with two attached hydrogens (primary N) is 1. The van der Waals surface area contributed by atoms with Gasteiger partial charge < -0.3 is 10.3 Å². The first-order valence-electron chi connectivity index (χ1n) is 11.7. The summed E-state index contributed by atoms with van der Waals surface area (Å²) in [5.41, 5.74) is 14.2. The number of para-hydroxylation sites is 1. The van der Waals surface area contributed by atoms with E-state index in [1.54, 1.807) is 0 Å². The summed E-state index contributed by atoms with van der Waals surface area (Å²) in [6.07, 6.45) is 6.38.